The van der Waals surface area contributed by atoms with Crippen LogP contribution < -0.4 is 25.3 Å². The van der Waals surface area contributed by atoms with Crippen molar-refractivity contribution in [1.82, 2.24) is 10.3 Å². The molecule has 8 N–H and O–H groups in total. The van der Waals surface area contributed by atoms with Crippen LogP contribution in [0.5, 0.6) is 28.7 Å². The molecule has 4 rings (SSSR count). The maximum absolute atomic E-state index is 11.3. The molecular weight excluding hydrogens is 618 g/mol. The van der Waals surface area contributed by atoms with E-state index < -0.39 is 24.2 Å². The molecule has 2 aromatic carbocycles. The van der Waals surface area contributed by atoms with Gasteiger partial charge in [-0.25, -0.2) is 4.98 Å². The molecule has 12 nitrogen and oxygen atoms in total. The number of hydrogen-bond acceptors (Lipinski definition) is 12. The Kier molecular flexibility index (Phi) is 14.0. The topological polar surface area (TPSA) is 189 Å². The first-order chi connectivity index (χ1) is 23.2. The number of pyridine rings is 1. The molecule has 3 aromatic rings. The maximum Gasteiger partial charge on any atom is 0.200 e. The fourth-order valence-corrected chi connectivity index (χ4v) is 6.52. The Morgan fingerprint density at radius 3 is 2.38 bits per heavy atom. The number of anilines is 1. The fraction of sp³-hybridized carbons (Fsp3) is 0.528. The predicted molar refractivity (Wildman–Crippen MR) is 182 cm³/mol. The lowest BCUT2D eigenvalue weighted by Crippen LogP contribution is -2.44. The monoisotopic (exact) mass is 669 g/mol. The summed E-state index contributed by atoms with van der Waals surface area (Å²) in [4.78, 5) is 4.07. The Balaban J connectivity index is 1.59. The van der Waals surface area contributed by atoms with E-state index in [2.05, 4.69) is 10.3 Å². The summed E-state index contributed by atoms with van der Waals surface area (Å²) < 4.78 is 23.9. The molecule has 1 fully saturated rings. The largest absolute Gasteiger partial charge is 0.504 e. The number of nitrogens with two attached hydrogens (primary N) is 1. The van der Waals surface area contributed by atoms with Gasteiger partial charge in [-0.05, 0) is 98.2 Å². The summed E-state index contributed by atoms with van der Waals surface area (Å²) in [6, 6.07) is 12.1. The summed E-state index contributed by atoms with van der Waals surface area (Å²) in [6.45, 7) is 2.40. The van der Waals surface area contributed by atoms with Crippen molar-refractivity contribution in [2.75, 3.05) is 39.7 Å². The molecule has 0 amide bonds. The minimum absolute atomic E-state index is 0.0637. The van der Waals surface area contributed by atoms with Crippen molar-refractivity contribution in [3.8, 4) is 28.7 Å². The Labute approximate surface area is 282 Å². The quantitative estimate of drug-likeness (QED) is 0.104. The van der Waals surface area contributed by atoms with Crippen molar-refractivity contribution >= 4 is 5.82 Å². The summed E-state index contributed by atoms with van der Waals surface area (Å²) in [5.74, 6) is 0.636. The van der Waals surface area contributed by atoms with Gasteiger partial charge in [0, 0.05) is 37.8 Å². The van der Waals surface area contributed by atoms with Gasteiger partial charge in [0.15, 0.2) is 23.0 Å². The van der Waals surface area contributed by atoms with Gasteiger partial charge in [-0.3, -0.25) is 0 Å². The Morgan fingerprint density at radius 1 is 0.938 bits per heavy atom. The second kappa shape index (κ2) is 18.1. The van der Waals surface area contributed by atoms with Gasteiger partial charge in [0.2, 0.25) is 5.75 Å². The van der Waals surface area contributed by atoms with Gasteiger partial charge in [-0.2, -0.15) is 0 Å². The number of phenolic OH excluding ortho intramolecular Hbond substituents is 2. The van der Waals surface area contributed by atoms with Gasteiger partial charge in [0.05, 0.1) is 32.5 Å². The number of methoxy groups -OCH3 is 2. The number of nitrogens with one attached hydrogen (secondary N) is 1. The number of hydrogen-bond donors (Lipinski definition) is 7. The van der Waals surface area contributed by atoms with E-state index in [1.165, 1.54) is 14.2 Å². The molecule has 0 aliphatic carbocycles. The van der Waals surface area contributed by atoms with Gasteiger partial charge in [0.1, 0.15) is 11.9 Å². The molecule has 0 bridgehead atoms. The smallest absolute Gasteiger partial charge is 0.200 e. The van der Waals surface area contributed by atoms with Crippen LogP contribution in [0, 0.1) is 5.92 Å². The second-order valence-electron chi connectivity index (χ2n) is 12.2. The van der Waals surface area contributed by atoms with Crippen LogP contribution >= 0.6 is 0 Å². The van der Waals surface area contributed by atoms with Crippen molar-refractivity contribution in [3.63, 3.8) is 0 Å². The summed E-state index contributed by atoms with van der Waals surface area (Å²) in [7, 11) is 2.95. The molecule has 0 saturated carbocycles. The molecule has 264 valence electrons. The molecular formula is C36H51N3O9. The number of nitrogen functional groups attached to an aromatic ring is 1. The molecule has 0 radical (unpaired) electrons. The Morgan fingerprint density at radius 2 is 1.69 bits per heavy atom. The van der Waals surface area contributed by atoms with E-state index in [0.717, 1.165) is 11.1 Å². The normalized spacial score (nSPS) is 20.6. The summed E-state index contributed by atoms with van der Waals surface area (Å²) >= 11 is 0. The van der Waals surface area contributed by atoms with E-state index in [1.54, 1.807) is 30.5 Å². The van der Waals surface area contributed by atoms with E-state index in [1.807, 2.05) is 25.1 Å². The molecule has 6 atom stereocenters. The fourth-order valence-electron chi connectivity index (χ4n) is 6.52. The highest BCUT2D eigenvalue weighted by Gasteiger charge is 2.39. The van der Waals surface area contributed by atoms with E-state index in [0.29, 0.717) is 68.6 Å². The summed E-state index contributed by atoms with van der Waals surface area (Å²) in [5, 5.41) is 55.8. The number of nitrogens with zero attached hydrogens (tertiary/aromatic N) is 1. The Bertz CT molecular complexity index is 1440. The molecule has 1 aromatic heterocycles. The van der Waals surface area contributed by atoms with Crippen LogP contribution in [0.25, 0.3) is 0 Å². The minimum Gasteiger partial charge on any atom is -0.504 e. The lowest BCUT2D eigenvalue weighted by Gasteiger charge is -2.40. The number of rotatable bonds is 18. The van der Waals surface area contributed by atoms with Crippen molar-refractivity contribution in [2.45, 2.75) is 82.3 Å². The summed E-state index contributed by atoms with van der Waals surface area (Å²) in [6.07, 6.45) is 3.06. The van der Waals surface area contributed by atoms with Crippen LogP contribution in [0.4, 0.5) is 5.82 Å². The average molecular weight is 670 g/mol. The third-order valence-electron chi connectivity index (χ3n) is 9.00. The first-order valence-corrected chi connectivity index (χ1v) is 16.6. The molecule has 1 saturated heterocycles. The predicted octanol–water partition coefficient (Wildman–Crippen LogP) is 3.66. The van der Waals surface area contributed by atoms with Crippen LogP contribution in [0.15, 0.2) is 48.7 Å². The summed E-state index contributed by atoms with van der Waals surface area (Å²) in [5.41, 5.74) is 8.49. The van der Waals surface area contributed by atoms with Gasteiger partial charge >= 0.3 is 0 Å². The molecule has 2 heterocycles. The first kappa shape index (κ1) is 37.0. The van der Waals surface area contributed by atoms with Gasteiger partial charge in [0.25, 0.3) is 0 Å². The minimum atomic E-state index is -0.748. The van der Waals surface area contributed by atoms with Gasteiger partial charge in [-0.15, -0.1) is 0 Å². The first-order valence-electron chi connectivity index (χ1n) is 16.6. The van der Waals surface area contributed by atoms with E-state index in [9.17, 15) is 25.5 Å². The molecule has 1 aliphatic heterocycles. The van der Waals surface area contributed by atoms with Crippen LogP contribution in [0.2, 0.25) is 0 Å². The van der Waals surface area contributed by atoms with Crippen LogP contribution in [-0.2, 0) is 17.6 Å². The number of likely N-dealkylation sites (N-methyl/N-ethyl adjacent to an activating group) is 1. The lowest BCUT2D eigenvalue weighted by atomic mass is 9.82. The highest BCUT2D eigenvalue weighted by atomic mass is 16.5. The van der Waals surface area contributed by atoms with Crippen LogP contribution in [-0.4, -0.2) is 88.8 Å². The number of aryl methyl sites for hydroxylation is 2. The van der Waals surface area contributed by atoms with Crippen molar-refractivity contribution in [2.24, 2.45) is 5.92 Å². The number of aromatic hydroxyl groups is 2. The molecule has 48 heavy (non-hydrogen) atoms. The van der Waals surface area contributed by atoms with E-state index in [-0.39, 0.29) is 48.4 Å². The highest BCUT2D eigenvalue weighted by Crippen LogP contribution is 2.46. The number of benzene rings is 2. The van der Waals surface area contributed by atoms with Crippen molar-refractivity contribution < 1.29 is 44.5 Å². The van der Waals surface area contributed by atoms with Gasteiger partial charge < -0.3 is 55.5 Å². The number of phenols is 2. The maximum atomic E-state index is 11.3. The lowest BCUT2D eigenvalue weighted by molar-refractivity contribution is -0.144. The zero-order valence-electron chi connectivity index (χ0n) is 28.0. The highest BCUT2D eigenvalue weighted by molar-refractivity contribution is 5.53. The number of aliphatic hydroxyl groups excluding tert-OH is 3. The van der Waals surface area contributed by atoms with Crippen molar-refractivity contribution in [3.05, 3.63) is 65.4 Å². The molecule has 1 aliphatic rings. The van der Waals surface area contributed by atoms with Crippen LogP contribution in [0.3, 0.4) is 0 Å². The number of aromatic nitrogens is 1. The average Bonchev–Trinajstić information content (AvgIpc) is 3.08. The number of aliphatic hydroxyl groups is 3. The zero-order chi connectivity index (χ0) is 34.6. The number of ether oxygens (including phenoxy) is 4. The standard InChI is InChI=1S/C36H51N3O9/c1-4-38-27(9-6-23-11-14-39-34(37)18-23)30(13-16-41)48-33-20-24(19-32(46-3)35(33)44)36-26(12-15-40)29(43)21-25(47-36)8-5-22-7-10-28(42)31(17-22)45-2/h7,10-11,14,17-20,25-27,29-30,36,38,40-44H,4-6,8-9,12-13,15-16,21H2,1-3H3,(H2,37,39). The van der Waals surface area contributed by atoms with Crippen molar-refractivity contribution in [1.29, 1.82) is 0 Å². The van der Waals surface area contributed by atoms with Gasteiger partial charge in [-0.1, -0.05) is 13.0 Å². The molecule has 6 unspecified atom stereocenters. The Hall–Kier alpha value is -3.81. The SMILES string of the molecule is CCNC(CCc1ccnc(N)c1)C(CCO)Oc1cc(C2OC(CCc3ccc(O)c(OC)c3)CC(O)C2CCO)cc(OC)c1O. The molecule has 0 spiro atoms. The second-order valence-corrected chi connectivity index (χ2v) is 12.2. The van der Waals surface area contributed by atoms with E-state index >= 15 is 0 Å². The molecule has 12 heteroatoms. The zero-order valence-corrected chi connectivity index (χ0v) is 28.0. The van der Waals surface area contributed by atoms with E-state index in [4.69, 9.17) is 24.7 Å². The third-order valence-corrected chi connectivity index (χ3v) is 9.00. The third kappa shape index (κ3) is 9.64. The van der Waals surface area contributed by atoms with Crippen LogP contribution in [0.1, 0.15) is 61.8 Å².